The molecule has 0 aromatic heterocycles. The normalized spacial score (nSPS) is 10.0. The lowest BCUT2D eigenvalue weighted by Gasteiger charge is -2.07. The van der Waals surface area contributed by atoms with Crippen molar-refractivity contribution in [2.45, 2.75) is 0 Å². The second-order valence-electron chi connectivity index (χ2n) is 3.67. The zero-order valence-electron chi connectivity index (χ0n) is 9.60. The Balaban J connectivity index is 2.29. The maximum absolute atomic E-state index is 11.9. The number of hydrogen-bond acceptors (Lipinski definition) is 3. The molecule has 0 radical (unpaired) electrons. The van der Waals surface area contributed by atoms with Crippen molar-refractivity contribution in [1.82, 2.24) is 0 Å². The Morgan fingerprint density at radius 2 is 1.84 bits per heavy atom. The standard InChI is InChI=1S/C14H8Cl2O3/c15-10-5-6-13(9(7-10)8-17)19-14(18)11-3-1-2-4-12(11)16/h1-8H. The van der Waals surface area contributed by atoms with Gasteiger partial charge in [0.1, 0.15) is 5.75 Å². The summed E-state index contributed by atoms with van der Waals surface area (Å²) in [5.74, 6) is -0.486. The van der Waals surface area contributed by atoms with Crippen LogP contribution >= 0.6 is 23.2 Å². The molecule has 3 nitrogen and oxygen atoms in total. The van der Waals surface area contributed by atoms with Crippen LogP contribution < -0.4 is 4.74 Å². The van der Waals surface area contributed by atoms with E-state index >= 15 is 0 Å². The molecule has 0 aliphatic carbocycles. The highest BCUT2D eigenvalue weighted by Crippen LogP contribution is 2.23. The molecule has 0 unspecified atom stereocenters. The number of benzene rings is 2. The van der Waals surface area contributed by atoms with Crippen LogP contribution in [0.4, 0.5) is 0 Å². The van der Waals surface area contributed by atoms with Crippen molar-refractivity contribution >= 4 is 35.5 Å². The van der Waals surface area contributed by atoms with Crippen molar-refractivity contribution in [2.24, 2.45) is 0 Å². The Morgan fingerprint density at radius 3 is 2.53 bits per heavy atom. The zero-order valence-corrected chi connectivity index (χ0v) is 11.1. The molecule has 5 heteroatoms. The molecular formula is C14H8Cl2O3. The summed E-state index contributed by atoms with van der Waals surface area (Å²) in [6.07, 6.45) is 0.571. The molecule has 96 valence electrons. The van der Waals surface area contributed by atoms with Gasteiger partial charge in [-0.15, -0.1) is 0 Å². The quantitative estimate of drug-likeness (QED) is 0.488. The lowest BCUT2D eigenvalue weighted by atomic mass is 10.2. The molecule has 0 aliphatic heterocycles. The van der Waals surface area contributed by atoms with E-state index in [2.05, 4.69) is 0 Å². The monoisotopic (exact) mass is 294 g/mol. The lowest BCUT2D eigenvalue weighted by molar-refractivity contribution is 0.0734. The topological polar surface area (TPSA) is 43.4 Å². The van der Waals surface area contributed by atoms with Gasteiger partial charge in [-0.2, -0.15) is 0 Å². The molecule has 0 atom stereocenters. The van der Waals surface area contributed by atoms with Crippen LogP contribution in [0.15, 0.2) is 42.5 Å². The number of hydrogen-bond donors (Lipinski definition) is 0. The highest BCUT2D eigenvalue weighted by molar-refractivity contribution is 6.33. The molecule has 0 saturated carbocycles. The van der Waals surface area contributed by atoms with Gasteiger partial charge in [-0.1, -0.05) is 35.3 Å². The number of rotatable bonds is 3. The van der Waals surface area contributed by atoms with Crippen molar-refractivity contribution in [2.75, 3.05) is 0 Å². The molecule has 19 heavy (non-hydrogen) atoms. The van der Waals surface area contributed by atoms with Gasteiger partial charge in [0.05, 0.1) is 16.1 Å². The molecule has 2 aromatic carbocycles. The fourth-order valence-electron chi connectivity index (χ4n) is 1.49. The van der Waals surface area contributed by atoms with Crippen LogP contribution in [0, 0.1) is 0 Å². The fourth-order valence-corrected chi connectivity index (χ4v) is 1.88. The second-order valence-corrected chi connectivity index (χ2v) is 4.51. The maximum atomic E-state index is 11.9. The largest absolute Gasteiger partial charge is 0.422 e. The van der Waals surface area contributed by atoms with Gasteiger partial charge in [0.25, 0.3) is 0 Å². The van der Waals surface area contributed by atoms with E-state index in [4.69, 9.17) is 27.9 Å². The SMILES string of the molecule is O=Cc1cc(Cl)ccc1OC(=O)c1ccccc1Cl. The van der Waals surface area contributed by atoms with Gasteiger partial charge >= 0.3 is 5.97 Å². The van der Waals surface area contributed by atoms with Gasteiger partial charge in [0.2, 0.25) is 0 Å². The first-order valence-corrected chi connectivity index (χ1v) is 6.09. The Hall–Kier alpha value is -1.84. The van der Waals surface area contributed by atoms with Crippen molar-refractivity contribution < 1.29 is 14.3 Å². The zero-order chi connectivity index (χ0) is 13.8. The minimum atomic E-state index is -0.629. The summed E-state index contributed by atoms with van der Waals surface area (Å²) < 4.78 is 5.15. The third-order valence-corrected chi connectivity index (χ3v) is 2.96. The average Bonchev–Trinajstić information content (AvgIpc) is 2.41. The number of halogens is 2. The van der Waals surface area contributed by atoms with E-state index in [1.165, 1.54) is 18.2 Å². The maximum Gasteiger partial charge on any atom is 0.345 e. The van der Waals surface area contributed by atoms with Crippen LogP contribution in [-0.2, 0) is 0 Å². The first kappa shape index (κ1) is 13.6. The number of ether oxygens (including phenoxy) is 1. The summed E-state index contributed by atoms with van der Waals surface area (Å²) in [5.41, 5.74) is 0.434. The summed E-state index contributed by atoms with van der Waals surface area (Å²) >= 11 is 11.6. The first-order valence-electron chi connectivity index (χ1n) is 5.33. The Morgan fingerprint density at radius 1 is 1.11 bits per heavy atom. The molecule has 0 bridgehead atoms. The van der Waals surface area contributed by atoms with E-state index in [0.29, 0.717) is 11.3 Å². The number of carbonyl (C=O) groups excluding carboxylic acids is 2. The van der Waals surface area contributed by atoms with E-state index in [-0.39, 0.29) is 21.9 Å². The summed E-state index contributed by atoms with van der Waals surface area (Å²) in [5, 5.41) is 0.675. The molecule has 0 spiro atoms. The van der Waals surface area contributed by atoms with E-state index in [1.807, 2.05) is 0 Å². The fraction of sp³-hybridized carbons (Fsp3) is 0. The van der Waals surface area contributed by atoms with Crippen LogP contribution in [0.1, 0.15) is 20.7 Å². The molecule has 0 aliphatic rings. The number of carbonyl (C=O) groups is 2. The minimum absolute atomic E-state index is 0.143. The van der Waals surface area contributed by atoms with Crippen molar-refractivity contribution in [3.63, 3.8) is 0 Å². The Bertz CT molecular complexity index is 638. The smallest absolute Gasteiger partial charge is 0.345 e. The summed E-state index contributed by atoms with van der Waals surface area (Å²) in [7, 11) is 0. The predicted octanol–water partition coefficient (Wildman–Crippen LogP) is 4.03. The van der Waals surface area contributed by atoms with Gasteiger partial charge in [-0.25, -0.2) is 4.79 Å². The van der Waals surface area contributed by atoms with Crippen molar-refractivity contribution in [1.29, 1.82) is 0 Å². The van der Waals surface area contributed by atoms with Crippen LogP contribution in [0.2, 0.25) is 10.0 Å². The minimum Gasteiger partial charge on any atom is -0.422 e. The van der Waals surface area contributed by atoms with Crippen molar-refractivity contribution in [3.05, 3.63) is 63.6 Å². The molecule has 0 N–H and O–H groups in total. The number of aldehydes is 1. The molecule has 0 fully saturated rings. The molecular weight excluding hydrogens is 287 g/mol. The van der Waals surface area contributed by atoms with E-state index in [0.717, 1.165) is 0 Å². The molecule has 0 amide bonds. The molecule has 0 heterocycles. The summed E-state index contributed by atoms with van der Waals surface area (Å²) in [4.78, 5) is 22.8. The molecule has 0 saturated heterocycles. The van der Waals surface area contributed by atoms with Gasteiger partial charge in [-0.3, -0.25) is 4.79 Å². The number of esters is 1. The summed E-state index contributed by atoms with van der Waals surface area (Å²) in [6, 6.07) is 10.9. The predicted molar refractivity (Wildman–Crippen MR) is 73.3 cm³/mol. The third-order valence-electron chi connectivity index (χ3n) is 2.40. The van der Waals surface area contributed by atoms with Gasteiger partial charge in [0, 0.05) is 5.02 Å². The average molecular weight is 295 g/mol. The van der Waals surface area contributed by atoms with E-state index in [9.17, 15) is 9.59 Å². The lowest BCUT2D eigenvalue weighted by Crippen LogP contribution is -2.10. The van der Waals surface area contributed by atoms with E-state index in [1.54, 1.807) is 24.3 Å². The highest BCUT2D eigenvalue weighted by atomic mass is 35.5. The van der Waals surface area contributed by atoms with Crippen LogP contribution in [0.25, 0.3) is 0 Å². The third kappa shape index (κ3) is 3.13. The highest BCUT2D eigenvalue weighted by Gasteiger charge is 2.14. The van der Waals surface area contributed by atoms with Crippen LogP contribution in [0.5, 0.6) is 5.75 Å². The van der Waals surface area contributed by atoms with Crippen molar-refractivity contribution in [3.8, 4) is 5.75 Å². The van der Waals surface area contributed by atoms with Gasteiger partial charge in [0.15, 0.2) is 6.29 Å². The Kier molecular flexibility index (Phi) is 4.20. The second kappa shape index (κ2) is 5.87. The molecule has 2 rings (SSSR count). The molecule has 2 aromatic rings. The van der Waals surface area contributed by atoms with Gasteiger partial charge < -0.3 is 4.74 Å². The van der Waals surface area contributed by atoms with Crippen LogP contribution in [-0.4, -0.2) is 12.3 Å². The van der Waals surface area contributed by atoms with Gasteiger partial charge in [-0.05, 0) is 30.3 Å². The first-order chi connectivity index (χ1) is 9.11. The Labute approximate surface area is 119 Å². The van der Waals surface area contributed by atoms with Crippen LogP contribution in [0.3, 0.4) is 0 Å². The van der Waals surface area contributed by atoms with E-state index < -0.39 is 5.97 Å². The summed E-state index contributed by atoms with van der Waals surface area (Å²) in [6.45, 7) is 0.